The zero-order valence-electron chi connectivity index (χ0n) is 16.3. The molecule has 5 rings (SSSR count). The van der Waals surface area contributed by atoms with Crippen LogP contribution < -0.4 is 9.62 Å². The number of sulfonamides is 1. The maximum Gasteiger partial charge on any atom is 0.269 e. The number of nitrogens with zero attached hydrogens (tertiary/aromatic N) is 4. The van der Waals surface area contributed by atoms with Crippen LogP contribution in [0.1, 0.15) is 12.5 Å². The van der Waals surface area contributed by atoms with Crippen LogP contribution in [0.15, 0.2) is 71.8 Å². The molecule has 0 radical (unpaired) electrons. The molecular formula is C21H17FN6O2S. The highest BCUT2D eigenvalue weighted by Gasteiger charge is 2.36. The van der Waals surface area contributed by atoms with E-state index in [0.29, 0.717) is 33.9 Å². The molecule has 0 spiro atoms. The monoisotopic (exact) mass is 436 g/mol. The summed E-state index contributed by atoms with van der Waals surface area (Å²) in [6.45, 7) is 1.83. The van der Waals surface area contributed by atoms with E-state index in [1.165, 1.54) is 29.1 Å². The van der Waals surface area contributed by atoms with Crippen LogP contribution in [0.25, 0.3) is 17.2 Å². The van der Waals surface area contributed by atoms with Crippen molar-refractivity contribution >= 4 is 38.8 Å². The average molecular weight is 436 g/mol. The predicted octanol–water partition coefficient (Wildman–Crippen LogP) is 3.54. The van der Waals surface area contributed by atoms with Gasteiger partial charge in [-0.1, -0.05) is 24.3 Å². The number of imidazole rings is 1. The fourth-order valence-electron chi connectivity index (χ4n) is 3.61. The molecule has 0 saturated heterocycles. The maximum atomic E-state index is 13.9. The van der Waals surface area contributed by atoms with Crippen molar-refractivity contribution in [3.63, 3.8) is 0 Å². The molecule has 2 aromatic carbocycles. The molecule has 0 aliphatic carbocycles. The summed E-state index contributed by atoms with van der Waals surface area (Å²) in [5, 5.41) is 3.25. The molecule has 0 saturated carbocycles. The van der Waals surface area contributed by atoms with Gasteiger partial charge in [0, 0.05) is 0 Å². The van der Waals surface area contributed by atoms with Gasteiger partial charge in [0.15, 0.2) is 11.5 Å². The van der Waals surface area contributed by atoms with Crippen molar-refractivity contribution in [2.75, 3.05) is 9.62 Å². The molecule has 3 heterocycles. The number of nitrogens with one attached hydrogen (secondary N) is 2. The number of para-hydroxylation sites is 1. The van der Waals surface area contributed by atoms with E-state index in [1.54, 1.807) is 36.4 Å². The van der Waals surface area contributed by atoms with Crippen LogP contribution in [0.5, 0.6) is 0 Å². The summed E-state index contributed by atoms with van der Waals surface area (Å²) in [6, 6.07) is 12.0. The molecule has 31 heavy (non-hydrogen) atoms. The molecular weight excluding hydrogens is 419 g/mol. The van der Waals surface area contributed by atoms with Gasteiger partial charge in [0.1, 0.15) is 17.7 Å². The van der Waals surface area contributed by atoms with Crippen molar-refractivity contribution in [3.05, 3.63) is 78.3 Å². The van der Waals surface area contributed by atoms with Crippen molar-refractivity contribution in [1.82, 2.24) is 19.9 Å². The molecule has 10 heteroatoms. The Kier molecular flexibility index (Phi) is 4.44. The highest BCUT2D eigenvalue weighted by molar-refractivity contribution is 7.93. The topological polar surface area (TPSA) is 104 Å². The molecule has 8 nitrogen and oxygen atoms in total. The summed E-state index contributed by atoms with van der Waals surface area (Å²) in [6.07, 6.45) is 4.64. The number of fused-ring (bicyclic) bond motifs is 2. The first-order valence-electron chi connectivity index (χ1n) is 9.47. The third kappa shape index (κ3) is 3.21. The van der Waals surface area contributed by atoms with Crippen LogP contribution >= 0.6 is 0 Å². The number of H-pyrrole nitrogens is 1. The number of rotatable bonds is 4. The summed E-state index contributed by atoms with van der Waals surface area (Å²) in [7, 11) is -4.04. The minimum absolute atomic E-state index is 0.0784. The highest BCUT2D eigenvalue weighted by Crippen LogP contribution is 2.37. The number of hydrogen-bond donors (Lipinski definition) is 2. The third-order valence-electron chi connectivity index (χ3n) is 5.04. The Balaban J connectivity index is 1.65. The molecule has 0 fully saturated rings. The van der Waals surface area contributed by atoms with Crippen LogP contribution in [0.4, 0.5) is 15.9 Å². The predicted molar refractivity (Wildman–Crippen MR) is 115 cm³/mol. The molecule has 1 aliphatic heterocycles. The average Bonchev–Trinajstić information content (AvgIpc) is 3.24. The van der Waals surface area contributed by atoms with Crippen molar-refractivity contribution in [3.8, 4) is 0 Å². The zero-order valence-corrected chi connectivity index (χ0v) is 17.1. The lowest BCUT2D eigenvalue weighted by Crippen LogP contribution is -2.39. The molecule has 1 aliphatic rings. The second-order valence-corrected chi connectivity index (χ2v) is 8.80. The molecule has 156 valence electrons. The SMILES string of the molecule is C[C@H](Nc1ncnc2nc[nH]c12)C1=Cc2ccc(F)cc2S(=O)(=O)N1c1ccccc1. The van der Waals surface area contributed by atoms with Gasteiger partial charge in [-0.25, -0.2) is 32.1 Å². The Labute approximate surface area is 177 Å². The van der Waals surface area contributed by atoms with Gasteiger partial charge in [-0.05, 0) is 42.8 Å². The maximum absolute atomic E-state index is 13.9. The van der Waals surface area contributed by atoms with Crippen LogP contribution in [0.3, 0.4) is 0 Å². The quantitative estimate of drug-likeness (QED) is 0.507. The van der Waals surface area contributed by atoms with Gasteiger partial charge in [-0.15, -0.1) is 0 Å². The Hall–Kier alpha value is -3.79. The smallest absolute Gasteiger partial charge is 0.269 e. The number of aromatic amines is 1. The number of hydrogen-bond acceptors (Lipinski definition) is 6. The highest BCUT2D eigenvalue weighted by atomic mass is 32.2. The first-order chi connectivity index (χ1) is 14.9. The van der Waals surface area contributed by atoms with E-state index in [2.05, 4.69) is 25.3 Å². The van der Waals surface area contributed by atoms with Crippen LogP contribution in [-0.2, 0) is 10.0 Å². The van der Waals surface area contributed by atoms with Crippen molar-refractivity contribution < 1.29 is 12.8 Å². The van der Waals surface area contributed by atoms with E-state index in [1.807, 2.05) is 6.92 Å². The Bertz CT molecular complexity index is 1420. The van der Waals surface area contributed by atoms with Crippen molar-refractivity contribution in [2.24, 2.45) is 0 Å². The molecule has 0 bridgehead atoms. The summed E-state index contributed by atoms with van der Waals surface area (Å²) in [5.41, 5.74) is 2.45. The Morgan fingerprint density at radius 2 is 1.90 bits per heavy atom. The molecule has 2 N–H and O–H groups in total. The first kappa shape index (κ1) is 19.2. The van der Waals surface area contributed by atoms with Gasteiger partial charge in [-0.3, -0.25) is 0 Å². The van der Waals surface area contributed by atoms with Crippen LogP contribution in [0, 0.1) is 5.82 Å². The van der Waals surface area contributed by atoms with Gasteiger partial charge in [0.2, 0.25) is 0 Å². The molecule has 1 atom stereocenters. The second-order valence-electron chi connectivity index (χ2n) is 7.05. The Morgan fingerprint density at radius 3 is 2.71 bits per heavy atom. The summed E-state index contributed by atoms with van der Waals surface area (Å²) in [5.74, 6) is -0.118. The largest absolute Gasteiger partial charge is 0.360 e. The molecule has 0 amide bonds. The second kappa shape index (κ2) is 7.17. The van der Waals surface area contributed by atoms with Crippen molar-refractivity contribution in [1.29, 1.82) is 0 Å². The van der Waals surface area contributed by atoms with E-state index < -0.39 is 21.9 Å². The van der Waals surface area contributed by atoms with Crippen LogP contribution in [0.2, 0.25) is 0 Å². The van der Waals surface area contributed by atoms with Crippen molar-refractivity contribution in [2.45, 2.75) is 17.9 Å². The zero-order chi connectivity index (χ0) is 21.6. The fourth-order valence-corrected chi connectivity index (χ4v) is 5.38. The molecule has 2 aromatic heterocycles. The molecule has 4 aromatic rings. The lowest BCUT2D eigenvalue weighted by atomic mass is 10.1. The van der Waals surface area contributed by atoms with E-state index >= 15 is 0 Å². The Morgan fingerprint density at radius 1 is 1.10 bits per heavy atom. The lowest BCUT2D eigenvalue weighted by molar-refractivity contribution is 0.587. The summed E-state index contributed by atoms with van der Waals surface area (Å²) in [4.78, 5) is 15.4. The van der Waals surface area contributed by atoms with E-state index in [-0.39, 0.29) is 4.90 Å². The fraction of sp³-hybridized carbons (Fsp3) is 0.0952. The van der Waals surface area contributed by atoms with Gasteiger partial charge in [-0.2, -0.15) is 0 Å². The van der Waals surface area contributed by atoms with Crippen LogP contribution in [-0.4, -0.2) is 34.4 Å². The standard InChI is InChI=1S/C21H17FN6O2S/c1-13(27-21-19-20(24-11-23-19)25-12-26-21)17-9-14-7-8-15(22)10-18(14)31(29,30)28(17)16-5-3-2-4-6-16/h2-13H,1H3,(H2,23,24,25,26,27)/t13-/m0/s1. The van der Waals surface area contributed by atoms with E-state index in [0.717, 1.165) is 6.07 Å². The van der Waals surface area contributed by atoms with Gasteiger partial charge in [0.25, 0.3) is 10.0 Å². The normalized spacial score (nSPS) is 15.9. The number of anilines is 2. The number of halogens is 1. The summed E-state index contributed by atoms with van der Waals surface area (Å²) >= 11 is 0. The minimum Gasteiger partial charge on any atom is -0.360 e. The number of aromatic nitrogens is 4. The lowest BCUT2D eigenvalue weighted by Gasteiger charge is -2.34. The van der Waals surface area contributed by atoms with Gasteiger partial charge >= 0.3 is 0 Å². The minimum atomic E-state index is -4.04. The third-order valence-corrected chi connectivity index (χ3v) is 6.85. The summed E-state index contributed by atoms with van der Waals surface area (Å²) < 4.78 is 42.2. The van der Waals surface area contributed by atoms with Gasteiger partial charge in [0.05, 0.1) is 28.6 Å². The first-order valence-corrected chi connectivity index (χ1v) is 10.9. The van der Waals surface area contributed by atoms with Gasteiger partial charge < -0.3 is 10.3 Å². The van der Waals surface area contributed by atoms with E-state index in [9.17, 15) is 12.8 Å². The molecule has 0 unspecified atom stereocenters. The number of benzene rings is 2. The van der Waals surface area contributed by atoms with E-state index in [4.69, 9.17) is 0 Å².